The number of carbonyl (C=O) groups excluding carboxylic acids is 2. The monoisotopic (exact) mass is 814 g/mol. The van der Waals surface area contributed by atoms with Gasteiger partial charge in [0, 0.05) is 61.0 Å². The molecule has 12 nitrogen and oxygen atoms in total. The molecule has 2 amide bonds. The number of amides is 2. The van der Waals surface area contributed by atoms with Crippen LogP contribution in [0.1, 0.15) is 68.9 Å². The van der Waals surface area contributed by atoms with Crippen molar-refractivity contribution in [3.05, 3.63) is 83.4 Å². The van der Waals surface area contributed by atoms with Crippen LogP contribution in [0.15, 0.2) is 66.7 Å². The van der Waals surface area contributed by atoms with E-state index in [1.54, 1.807) is 12.2 Å². The first kappa shape index (κ1) is 44.5. The lowest BCUT2D eigenvalue weighted by Crippen LogP contribution is -2.62. The summed E-state index contributed by atoms with van der Waals surface area (Å²) in [7, 11) is 9.52. The van der Waals surface area contributed by atoms with E-state index in [0.29, 0.717) is 42.0 Å². The molecule has 10 atom stereocenters. The number of aliphatic hydroxyl groups excluding tert-OH is 2. The highest BCUT2D eigenvalue weighted by atomic mass is 16.7. The summed E-state index contributed by atoms with van der Waals surface area (Å²) in [4.78, 5) is 39.1. The summed E-state index contributed by atoms with van der Waals surface area (Å²) in [5.74, 6) is 1.05. The number of rotatable bonds is 17. The second-order valence-corrected chi connectivity index (χ2v) is 18.2. The molecule has 0 aromatic heterocycles. The zero-order chi connectivity index (χ0) is 42.8. The maximum absolute atomic E-state index is 14.6. The van der Waals surface area contributed by atoms with E-state index in [1.165, 1.54) is 13.3 Å². The molecule has 3 aliphatic carbocycles. The quantitative estimate of drug-likeness (QED) is 0.132. The first-order valence-electron chi connectivity index (χ1n) is 21.2. The summed E-state index contributed by atoms with van der Waals surface area (Å²) < 4.78 is 12.0. The highest BCUT2D eigenvalue weighted by molar-refractivity contribution is 5.97. The van der Waals surface area contributed by atoms with Crippen molar-refractivity contribution in [2.24, 2.45) is 29.1 Å². The fraction of sp³-hybridized carbons (Fsp3) is 0.574. The molecular weight excluding hydrogens is 747 g/mol. The number of hydroxylamine groups is 2. The Labute approximate surface area is 351 Å². The number of para-hydroxylation sites is 1. The predicted octanol–water partition coefficient (Wildman–Crippen LogP) is 5.35. The Morgan fingerprint density at radius 2 is 1.75 bits per heavy atom. The van der Waals surface area contributed by atoms with Crippen LogP contribution in [0.3, 0.4) is 0 Å². The number of aliphatic hydroxyl groups is 2. The molecule has 59 heavy (non-hydrogen) atoms. The normalized spacial score (nSPS) is 26.4. The largest absolute Gasteiger partial charge is 0.496 e. The minimum atomic E-state index is -1.07. The topological polar surface area (TPSA) is 136 Å². The van der Waals surface area contributed by atoms with Crippen molar-refractivity contribution in [1.29, 1.82) is 0 Å². The van der Waals surface area contributed by atoms with Gasteiger partial charge in [0.2, 0.25) is 5.91 Å². The molecule has 0 radical (unpaired) electrons. The van der Waals surface area contributed by atoms with Gasteiger partial charge in [-0.1, -0.05) is 69.3 Å². The molecule has 0 spiro atoms. The van der Waals surface area contributed by atoms with Crippen molar-refractivity contribution >= 4 is 17.5 Å². The van der Waals surface area contributed by atoms with Crippen molar-refractivity contribution < 1.29 is 34.1 Å². The van der Waals surface area contributed by atoms with Gasteiger partial charge in [-0.15, -0.1) is 0 Å². The summed E-state index contributed by atoms with van der Waals surface area (Å²) in [5.41, 5.74) is 5.12. The third-order valence-electron chi connectivity index (χ3n) is 13.3. The summed E-state index contributed by atoms with van der Waals surface area (Å²) >= 11 is 0. The van der Waals surface area contributed by atoms with Gasteiger partial charge in [0.25, 0.3) is 5.91 Å². The van der Waals surface area contributed by atoms with Crippen molar-refractivity contribution in [3.8, 4) is 16.9 Å². The summed E-state index contributed by atoms with van der Waals surface area (Å²) in [6.45, 7) is 10.8. The average Bonchev–Trinajstić information content (AvgIpc) is 3.56. The second-order valence-electron chi connectivity index (χ2n) is 18.2. The van der Waals surface area contributed by atoms with Gasteiger partial charge >= 0.3 is 0 Å². The lowest BCUT2D eigenvalue weighted by atomic mass is 9.45. The minimum Gasteiger partial charge on any atom is -0.496 e. The lowest BCUT2D eigenvalue weighted by Gasteiger charge is -2.62. The molecule has 1 aliphatic heterocycles. The molecule has 1 heterocycles. The van der Waals surface area contributed by atoms with Crippen molar-refractivity contribution in [3.63, 3.8) is 0 Å². The zero-order valence-electron chi connectivity index (χ0n) is 36.6. The standard InChI is InChI=1S/C47H67N5O7/c1-28-39-23-35(47(39,4)5)24-40(28)49-46(56)43-42(29(2)58-30(3)54)41(27-53)59-52(43)25-32-17-14-18-38(44(32)57-10)33-20-34(22-37(21-33)51(8)9)45(55)48-36(26-50(6)7)19-31-15-12-11-13-16-31/h11-18,20-22,28-30,35-36,39-43,53-54H,19,23-27H2,1-10H3,(H,48,55)(H,49,56)/t28-,29-,30?,35+,36-,39-,40-,41-,42+,43-/m0/s1. The number of anilines is 1. The van der Waals surface area contributed by atoms with E-state index in [9.17, 15) is 19.8 Å². The molecule has 3 aromatic carbocycles. The maximum Gasteiger partial charge on any atom is 0.251 e. The van der Waals surface area contributed by atoms with Crippen molar-refractivity contribution in [2.45, 2.75) is 97.0 Å². The molecule has 3 aromatic rings. The van der Waals surface area contributed by atoms with Crippen LogP contribution in [-0.4, -0.2) is 117 Å². The molecule has 4 fully saturated rings. The Bertz CT molecular complexity index is 1900. The molecular formula is C47H67N5O7. The van der Waals surface area contributed by atoms with Gasteiger partial charge in [-0.2, -0.15) is 5.06 Å². The van der Waals surface area contributed by atoms with Gasteiger partial charge in [0.15, 0.2) is 6.29 Å². The van der Waals surface area contributed by atoms with Crippen LogP contribution >= 0.6 is 0 Å². The van der Waals surface area contributed by atoms with Gasteiger partial charge in [-0.05, 0) is 99.7 Å². The molecule has 4 N–H and O–H groups in total. The maximum atomic E-state index is 14.6. The van der Waals surface area contributed by atoms with E-state index in [4.69, 9.17) is 14.3 Å². The Morgan fingerprint density at radius 3 is 2.36 bits per heavy atom. The number of ether oxygens (including phenoxy) is 2. The lowest BCUT2D eigenvalue weighted by molar-refractivity contribution is -0.184. The number of nitrogens with one attached hydrogen (secondary N) is 2. The summed E-state index contributed by atoms with van der Waals surface area (Å²) in [6, 6.07) is 20.9. The number of likely N-dealkylation sites (N-methyl/N-ethyl adjacent to an activating group) is 1. The molecule has 12 heteroatoms. The molecule has 3 saturated carbocycles. The number of methoxy groups -OCH3 is 1. The predicted molar refractivity (Wildman–Crippen MR) is 231 cm³/mol. The number of fused-ring (bicyclic) bond motifs is 2. The van der Waals surface area contributed by atoms with Gasteiger partial charge < -0.3 is 40.1 Å². The van der Waals surface area contributed by atoms with E-state index in [0.717, 1.165) is 34.4 Å². The number of carbonyl (C=O) groups is 2. The first-order chi connectivity index (χ1) is 28.0. The van der Waals surface area contributed by atoms with Gasteiger partial charge in [0.05, 0.1) is 26.4 Å². The number of hydrogen-bond donors (Lipinski definition) is 4. The average molecular weight is 814 g/mol. The molecule has 1 unspecified atom stereocenters. The molecule has 322 valence electrons. The van der Waals surface area contributed by atoms with E-state index in [-0.39, 0.29) is 42.5 Å². The van der Waals surface area contributed by atoms with Crippen LogP contribution in [-0.2, 0) is 27.3 Å². The highest BCUT2D eigenvalue weighted by Crippen LogP contribution is 2.61. The molecule has 2 bridgehead atoms. The Hall–Kier alpha value is -4.04. The highest BCUT2D eigenvalue weighted by Gasteiger charge is 2.57. The van der Waals surface area contributed by atoms with Crippen LogP contribution in [0.2, 0.25) is 0 Å². The van der Waals surface area contributed by atoms with Crippen LogP contribution < -0.4 is 20.3 Å². The number of hydrogen-bond acceptors (Lipinski definition) is 10. The Balaban J connectivity index is 1.31. The van der Waals surface area contributed by atoms with Crippen LogP contribution in [0.5, 0.6) is 5.75 Å². The van der Waals surface area contributed by atoms with Crippen LogP contribution in [0.4, 0.5) is 5.69 Å². The van der Waals surface area contributed by atoms with Gasteiger partial charge in [-0.25, -0.2) is 0 Å². The van der Waals surface area contributed by atoms with E-state index < -0.39 is 30.5 Å². The summed E-state index contributed by atoms with van der Waals surface area (Å²) in [5, 5.41) is 29.2. The van der Waals surface area contributed by atoms with Crippen LogP contribution in [0.25, 0.3) is 11.1 Å². The second kappa shape index (κ2) is 18.7. The SMILES string of the molecule is COc1c(CN2O[C@@H](CO)[C@@H]([C@H](C)OC(C)O)[C@H]2C(=O)N[C@H]2C[C@H]3C[C@@H]([C@@H]2C)C3(C)C)cccc1-c1cc(C(=O)N[C@@H](Cc2ccccc2)CN(C)C)cc(N(C)C)c1. The zero-order valence-corrected chi connectivity index (χ0v) is 36.6. The van der Waals surface area contributed by atoms with E-state index in [2.05, 4.69) is 48.4 Å². The van der Waals surface area contributed by atoms with Gasteiger partial charge in [-0.3, -0.25) is 14.4 Å². The molecule has 4 aliphatic rings. The number of benzene rings is 3. The van der Waals surface area contributed by atoms with E-state index in [1.807, 2.05) is 94.6 Å². The van der Waals surface area contributed by atoms with Crippen molar-refractivity contribution in [1.82, 2.24) is 20.6 Å². The first-order valence-corrected chi connectivity index (χ1v) is 21.2. The molecule has 1 saturated heterocycles. The number of nitrogens with zero attached hydrogens (tertiary/aromatic N) is 3. The summed E-state index contributed by atoms with van der Waals surface area (Å²) in [6.07, 6.45) is 0.377. The third kappa shape index (κ3) is 9.79. The van der Waals surface area contributed by atoms with Gasteiger partial charge in [0.1, 0.15) is 17.9 Å². The van der Waals surface area contributed by atoms with E-state index >= 15 is 0 Å². The minimum absolute atomic E-state index is 0.0210. The van der Waals surface area contributed by atoms with Crippen molar-refractivity contribution in [2.75, 3.05) is 53.4 Å². The third-order valence-corrected chi connectivity index (χ3v) is 13.3. The fourth-order valence-corrected chi connectivity index (χ4v) is 10.1. The smallest absolute Gasteiger partial charge is 0.251 e. The van der Waals surface area contributed by atoms with Crippen LogP contribution in [0, 0.1) is 29.1 Å². The fourth-order valence-electron chi connectivity index (χ4n) is 10.1. The Morgan fingerprint density at radius 1 is 1.02 bits per heavy atom. The molecule has 7 rings (SSSR count). The Kier molecular flexibility index (Phi) is 14.1.